The van der Waals surface area contributed by atoms with Crippen molar-refractivity contribution in [2.45, 2.75) is 49.9 Å². The first-order valence-corrected chi connectivity index (χ1v) is 6.97. The molecule has 0 aromatic heterocycles. The van der Waals surface area contributed by atoms with E-state index in [2.05, 4.69) is 0 Å². The molecular formula is C15H15NO3. The van der Waals surface area contributed by atoms with Gasteiger partial charge in [0.05, 0.1) is 10.3 Å². The molecule has 0 atom stereocenters. The van der Waals surface area contributed by atoms with Gasteiger partial charge in [-0.2, -0.15) is 0 Å². The minimum absolute atomic E-state index is 0.168. The maximum atomic E-state index is 12.3. The van der Waals surface area contributed by atoms with Crippen LogP contribution < -0.4 is 0 Å². The molecule has 0 amide bonds. The summed E-state index contributed by atoms with van der Waals surface area (Å²) < 4.78 is 0. The van der Waals surface area contributed by atoms with E-state index < -0.39 is 0 Å². The highest BCUT2D eigenvalue weighted by molar-refractivity contribution is 5.98. The number of hydrogen-bond donors (Lipinski definition) is 0. The van der Waals surface area contributed by atoms with Crippen molar-refractivity contribution in [3.63, 3.8) is 0 Å². The number of Topliss-reactive ketones (excluding diaryl/α,β-unsaturated/α-hetero) is 1. The van der Waals surface area contributed by atoms with Crippen molar-refractivity contribution >= 4 is 11.5 Å². The molecule has 0 unspecified atom stereocenters. The van der Waals surface area contributed by atoms with Crippen molar-refractivity contribution in [2.75, 3.05) is 0 Å². The maximum absolute atomic E-state index is 12.3. The van der Waals surface area contributed by atoms with E-state index in [1.807, 2.05) is 0 Å². The Morgan fingerprint density at radius 1 is 1.26 bits per heavy atom. The number of nitro benzene ring substituents is 1. The lowest BCUT2D eigenvalue weighted by Gasteiger charge is -2.37. The second kappa shape index (κ2) is 3.44. The molecule has 4 heteroatoms. The Balaban J connectivity index is 1.94. The summed E-state index contributed by atoms with van der Waals surface area (Å²) in [5.41, 5.74) is 3.01. The molecule has 0 N–H and O–H groups in total. The fourth-order valence-corrected chi connectivity index (χ4v) is 3.73. The molecule has 0 bridgehead atoms. The van der Waals surface area contributed by atoms with E-state index in [1.54, 1.807) is 12.1 Å². The van der Waals surface area contributed by atoms with Gasteiger partial charge >= 0.3 is 0 Å². The summed E-state index contributed by atoms with van der Waals surface area (Å²) in [4.78, 5) is 23.1. The van der Waals surface area contributed by atoms with Crippen molar-refractivity contribution in [2.24, 2.45) is 0 Å². The summed E-state index contributed by atoms with van der Waals surface area (Å²) in [6, 6.07) is 3.38. The number of benzene rings is 1. The van der Waals surface area contributed by atoms with Gasteiger partial charge in [0.2, 0.25) is 0 Å². The van der Waals surface area contributed by atoms with E-state index in [0.717, 1.165) is 48.8 Å². The molecule has 3 aliphatic carbocycles. The summed E-state index contributed by atoms with van der Waals surface area (Å²) in [5.74, 6) is 0.743. The van der Waals surface area contributed by atoms with Gasteiger partial charge in [-0.1, -0.05) is 6.42 Å². The third-order valence-corrected chi connectivity index (χ3v) is 5.09. The summed E-state index contributed by atoms with van der Waals surface area (Å²) in [6.45, 7) is 0. The summed E-state index contributed by atoms with van der Waals surface area (Å²) in [5, 5.41) is 11.1. The second-order valence-corrected chi connectivity index (χ2v) is 6.13. The highest BCUT2D eigenvalue weighted by atomic mass is 16.6. The number of carbonyl (C=O) groups excluding carboxylic acids is 1. The molecule has 3 aliphatic rings. The van der Waals surface area contributed by atoms with Crippen molar-refractivity contribution in [3.05, 3.63) is 38.9 Å². The van der Waals surface area contributed by atoms with Crippen molar-refractivity contribution < 1.29 is 9.72 Å². The molecule has 2 fully saturated rings. The normalized spacial score (nSPS) is 23.3. The van der Waals surface area contributed by atoms with Crippen LogP contribution in [0.2, 0.25) is 0 Å². The number of carbonyl (C=O) groups is 1. The third-order valence-electron chi connectivity index (χ3n) is 5.09. The zero-order valence-corrected chi connectivity index (χ0v) is 10.6. The average Bonchev–Trinajstić information content (AvgIpc) is 3.08. The smallest absolute Gasteiger partial charge is 0.270 e. The molecule has 19 heavy (non-hydrogen) atoms. The quantitative estimate of drug-likeness (QED) is 0.604. The van der Waals surface area contributed by atoms with Crippen LogP contribution in [0.4, 0.5) is 5.69 Å². The minimum Gasteiger partial charge on any atom is -0.298 e. The summed E-state index contributed by atoms with van der Waals surface area (Å²) in [6.07, 6.45) is 5.53. The van der Waals surface area contributed by atoms with Crippen LogP contribution in [0.15, 0.2) is 12.1 Å². The Labute approximate surface area is 111 Å². The van der Waals surface area contributed by atoms with Gasteiger partial charge in [0.1, 0.15) is 5.78 Å². The van der Waals surface area contributed by atoms with Gasteiger partial charge in [-0.05, 0) is 48.3 Å². The second-order valence-electron chi connectivity index (χ2n) is 6.13. The van der Waals surface area contributed by atoms with Crippen LogP contribution in [0.5, 0.6) is 0 Å². The summed E-state index contributed by atoms with van der Waals surface area (Å²) >= 11 is 0. The fraction of sp³-hybridized carbons (Fsp3) is 0.533. The van der Waals surface area contributed by atoms with Crippen LogP contribution in [0, 0.1) is 10.1 Å². The van der Waals surface area contributed by atoms with Crippen LogP contribution in [0.25, 0.3) is 0 Å². The van der Waals surface area contributed by atoms with Gasteiger partial charge in [-0.15, -0.1) is 0 Å². The standard InChI is InChI=1S/C15H15NO3/c17-14-8-12-11(9-2-3-9)6-10(16(18)19)7-13(12)15(14)4-1-5-15/h6-7,9H,1-5,8H2. The molecule has 0 aliphatic heterocycles. The largest absolute Gasteiger partial charge is 0.298 e. The van der Waals surface area contributed by atoms with E-state index >= 15 is 0 Å². The van der Waals surface area contributed by atoms with Crippen molar-refractivity contribution in [1.82, 2.24) is 0 Å². The van der Waals surface area contributed by atoms with Gasteiger partial charge in [0.25, 0.3) is 5.69 Å². The minimum atomic E-state index is -0.356. The topological polar surface area (TPSA) is 60.2 Å². The summed E-state index contributed by atoms with van der Waals surface area (Å²) in [7, 11) is 0. The van der Waals surface area contributed by atoms with Gasteiger partial charge in [0, 0.05) is 18.6 Å². The average molecular weight is 257 g/mol. The number of ketones is 1. The molecule has 0 saturated heterocycles. The first kappa shape index (κ1) is 11.1. The van der Waals surface area contributed by atoms with Gasteiger partial charge in [-0.25, -0.2) is 0 Å². The lowest BCUT2D eigenvalue weighted by molar-refractivity contribution is -0.385. The van der Waals surface area contributed by atoms with E-state index in [0.29, 0.717) is 12.3 Å². The van der Waals surface area contributed by atoms with E-state index in [-0.39, 0.29) is 21.8 Å². The molecule has 1 aromatic rings. The molecule has 0 radical (unpaired) electrons. The molecule has 98 valence electrons. The van der Waals surface area contributed by atoms with Gasteiger partial charge < -0.3 is 0 Å². The lowest BCUT2D eigenvalue weighted by atomic mass is 9.64. The van der Waals surface area contributed by atoms with Crippen molar-refractivity contribution in [3.8, 4) is 0 Å². The fourth-order valence-electron chi connectivity index (χ4n) is 3.73. The molecule has 4 rings (SSSR count). The number of rotatable bonds is 2. The number of fused-ring (bicyclic) bond motifs is 2. The first-order chi connectivity index (χ1) is 9.12. The highest BCUT2D eigenvalue weighted by Gasteiger charge is 2.52. The van der Waals surface area contributed by atoms with Crippen LogP contribution >= 0.6 is 0 Å². The van der Waals surface area contributed by atoms with Crippen molar-refractivity contribution in [1.29, 1.82) is 0 Å². The Morgan fingerprint density at radius 2 is 2.00 bits per heavy atom. The molecule has 2 saturated carbocycles. The highest BCUT2D eigenvalue weighted by Crippen LogP contribution is 2.54. The van der Waals surface area contributed by atoms with Crippen LogP contribution in [0.3, 0.4) is 0 Å². The molecule has 0 heterocycles. The molecule has 4 nitrogen and oxygen atoms in total. The zero-order chi connectivity index (χ0) is 13.2. The predicted molar refractivity (Wildman–Crippen MR) is 69.3 cm³/mol. The first-order valence-electron chi connectivity index (χ1n) is 6.97. The number of non-ortho nitro benzene ring substituents is 1. The number of nitro groups is 1. The zero-order valence-electron chi connectivity index (χ0n) is 10.6. The molecule has 1 spiro atoms. The van der Waals surface area contributed by atoms with Gasteiger partial charge in [0.15, 0.2) is 0 Å². The van der Waals surface area contributed by atoms with Crippen LogP contribution in [-0.4, -0.2) is 10.7 Å². The maximum Gasteiger partial charge on any atom is 0.270 e. The molecule has 1 aromatic carbocycles. The third kappa shape index (κ3) is 1.37. The van der Waals surface area contributed by atoms with Crippen LogP contribution in [-0.2, 0) is 16.6 Å². The van der Waals surface area contributed by atoms with E-state index in [1.165, 1.54) is 0 Å². The Morgan fingerprint density at radius 3 is 2.53 bits per heavy atom. The van der Waals surface area contributed by atoms with E-state index in [9.17, 15) is 14.9 Å². The van der Waals surface area contributed by atoms with E-state index in [4.69, 9.17) is 0 Å². The Bertz CT molecular complexity index is 612. The van der Waals surface area contributed by atoms with Gasteiger partial charge in [-0.3, -0.25) is 14.9 Å². The number of hydrogen-bond acceptors (Lipinski definition) is 3. The Hall–Kier alpha value is -1.71. The monoisotopic (exact) mass is 257 g/mol. The molecular weight excluding hydrogens is 242 g/mol. The van der Waals surface area contributed by atoms with Crippen LogP contribution in [0.1, 0.15) is 54.7 Å². The number of nitrogens with zero attached hydrogens (tertiary/aromatic N) is 1. The Kier molecular flexibility index (Phi) is 2.02. The SMILES string of the molecule is O=C1Cc2c(C3CC3)cc([N+](=O)[O-])cc2C12CCC2. The lowest BCUT2D eigenvalue weighted by Crippen LogP contribution is -2.39. The predicted octanol–water partition coefficient (Wildman–Crippen LogP) is 3.02.